The second-order valence-corrected chi connectivity index (χ2v) is 10.9. The van der Waals surface area contributed by atoms with Gasteiger partial charge in [0.15, 0.2) is 22.9 Å². The van der Waals surface area contributed by atoms with Gasteiger partial charge in [0, 0.05) is 11.3 Å². The summed E-state index contributed by atoms with van der Waals surface area (Å²) in [6.45, 7) is 5.68. The molecule has 0 saturated carbocycles. The lowest BCUT2D eigenvalue weighted by molar-refractivity contribution is -0.139. The Balaban J connectivity index is 1.48. The molecule has 45 heavy (non-hydrogen) atoms. The fourth-order valence-corrected chi connectivity index (χ4v) is 6.02. The van der Waals surface area contributed by atoms with Gasteiger partial charge < -0.3 is 24.3 Å². The topological polar surface area (TPSA) is 117 Å². The van der Waals surface area contributed by atoms with Gasteiger partial charge in [-0.05, 0) is 62.7 Å². The molecule has 2 heterocycles. The minimum Gasteiger partial charge on any atom is -0.493 e. The van der Waals surface area contributed by atoms with Crippen molar-refractivity contribution in [1.29, 1.82) is 0 Å². The van der Waals surface area contributed by atoms with Crippen LogP contribution in [-0.2, 0) is 14.3 Å². The minimum atomic E-state index is -0.850. The molecule has 11 heteroatoms. The molecule has 0 saturated heterocycles. The molecule has 1 aromatic heterocycles. The molecule has 3 aromatic carbocycles. The molecule has 232 valence electrons. The van der Waals surface area contributed by atoms with Gasteiger partial charge in [0.05, 0.1) is 36.1 Å². The molecule has 0 bridgehead atoms. The van der Waals surface area contributed by atoms with Crippen molar-refractivity contribution in [2.24, 2.45) is 4.99 Å². The number of hydrogen-bond donors (Lipinski definition) is 1. The molecule has 1 aliphatic rings. The van der Waals surface area contributed by atoms with Crippen molar-refractivity contribution >= 4 is 35.0 Å². The Morgan fingerprint density at radius 3 is 2.42 bits per heavy atom. The van der Waals surface area contributed by atoms with Gasteiger partial charge >= 0.3 is 5.97 Å². The lowest BCUT2D eigenvalue weighted by atomic mass is 9.94. The number of esters is 1. The van der Waals surface area contributed by atoms with Crippen LogP contribution in [0.2, 0.25) is 0 Å². The molecule has 1 amide bonds. The first kappa shape index (κ1) is 31.3. The Hall–Kier alpha value is -5.16. The van der Waals surface area contributed by atoms with E-state index in [0.29, 0.717) is 50.1 Å². The summed E-state index contributed by atoms with van der Waals surface area (Å²) in [6, 6.07) is 20.7. The Labute approximate surface area is 263 Å². The molecule has 1 unspecified atom stereocenters. The number of nitrogens with one attached hydrogen (secondary N) is 1. The molecule has 0 radical (unpaired) electrons. The number of fused-ring (bicyclic) bond motifs is 1. The fourth-order valence-electron chi connectivity index (χ4n) is 4.97. The zero-order chi connectivity index (χ0) is 31.9. The number of thiazole rings is 1. The molecule has 0 aliphatic carbocycles. The maximum atomic E-state index is 14.0. The third-order valence-electron chi connectivity index (χ3n) is 6.93. The van der Waals surface area contributed by atoms with Crippen LogP contribution in [0.25, 0.3) is 6.08 Å². The van der Waals surface area contributed by atoms with Gasteiger partial charge in [0.2, 0.25) is 0 Å². The van der Waals surface area contributed by atoms with Gasteiger partial charge in [-0.2, -0.15) is 0 Å². The summed E-state index contributed by atoms with van der Waals surface area (Å²) in [6.07, 6.45) is 1.76. The first-order valence-electron chi connectivity index (χ1n) is 14.4. The van der Waals surface area contributed by atoms with E-state index in [0.717, 1.165) is 5.56 Å². The first-order chi connectivity index (χ1) is 21.8. The molecule has 10 nitrogen and oxygen atoms in total. The maximum absolute atomic E-state index is 14.0. The van der Waals surface area contributed by atoms with Crippen LogP contribution >= 0.6 is 11.3 Å². The summed E-state index contributed by atoms with van der Waals surface area (Å²) in [5.41, 5.74) is 2.41. The third-order valence-corrected chi connectivity index (χ3v) is 7.92. The number of carbonyl (C=O) groups excluding carboxylic acids is 2. The maximum Gasteiger partial charge on any atom is 0.338 e. The lowest BCUT2D eigenvalue weighted by Crippen LogP contribution is -2.40. The number of nitrogens with zero attached hydrogens (tertiary/aromatic N) is 2. The highest BCUT2D eigenvalue weighted by atomic mass is 32.1. The molecule has 1 aliphatic heterocycles. The van der Waals surface area contributed by atoms with Crippen LogP contribution in [0.1, 0.15) is 37.9 Å². The number of anilines is 1. The number of rotatable bonds is 11. The molecule has 5 rings (SSSR count). The first-order valence-corrected chi connectivity index (χ1v) is 15.2. The van der Waals surface area contributed by atoms with E-state index in [4.69, 9.17) is 18.9 Å². The fraction of sp³-hybridized carbons (Fsp3) is 0.235. The van der Waals surface area contributed by atoms with Crippen molar-refractivity contribution < 1.29 is 28.5 Å². The van der Waals surface area contributed by atoms with Crippen LogP contribution in [0, 0.1) is 0 Å². The Morgan fingerprint density at radius 1 is 0.978 bits per heavy atom. The van der Waals surface area contributed by atoms with Crippen molar-refractivity contribution in [3.63, 3.8) is 0 Å². The number of hydrogen-bond acceptors (Lipinski definition) is 9. The molecule has 0 spiro atoms. The average molecular weight is 628 g/mol. The number of allylic oxidation sites excluding steroid dienone is 1. The highest BCUT2D eigenvalue weighted by molar-refractivity contribution is 7.07. The zero-order valence-electron chi connectivity index (χ0n) is 25.4. The minimum absolute atomic E-state index is 0.150. The van der Waals surface area contributed by atoms with Crippen molar-refractivity contribution in [1.82, 2.24) is 4.57 Å². The van der Waals surface area contributed by atoms with Crippen LogP contribution in [0.5, 0.6) is 17.2 Å². The van der Waals surface area contributed by atoms with Crippen LogP contribution in [0.3, 0.4) is 0 Å². The molecule has 0 fully saturated rings. The predicted octanol–water partition coefficient (Wildman–Crippen LogP) is 4.22. The smallest absolute Gasteiger partial charge is 0.338 e. The van der Waals surface area contributed by atoms with Gasteiger partial charge in [0.25, 0.3) is 11.5 Å². The van der Waals surface area contributed by atoms with Crippen molar-refractivity contribution in [2.45, 2.75) is 26.8 Å². The van der Waals surface area contributed by atoms with E-state index < -0.39 is 12.0 Å². The van der Waals surface area contributed by atoms with Crippen LogP contribution in [-0.4, -0.2) is 43.4 Å². The average Bonchev–Trinajstić information content (AvgIpc) is 3.34. The number of aromatic nitrogens is 1. The molecule has 1 atom stereocenters. The summed E-state index contributed by atoms with van der Waals surface area (Å²) < 4.78 is 24.5. The Kier molecular flexibility index (Phi) is 9.79. The normalized spacial score (nSPS) is 14.3. The van der Waals surface area contributed by atoms with Crippen molar-refractivity contribution in [3.8, 4) is 17.2 Å². The van der Waals surface area contributed by atoms with Gasteiger partial charge in [-0.1, -0.05) is 53.8 Å². The molecular weight excluding hydrogens is 594 g/mol. The number of benzene rings is 3. The van der Waals surface area contributed by atoms with E-state index in [9.17, 15) is 14.4 Å². The summed E-state index contributed by atoms with van der Waals surface area (Å²) in [5.74, 6) is 0.590. The number of ether oxygens (including phenoxy) is 4. The summed E-state index contributed by atoms with van der Waals surface area (Å²) >= 11 is 1.22. The van der Waals surface area contributed by atoms with Gasteiger partial charge in [-0.25, -0.2) is 9.79 Å². The largest absolute Gasteiger partial charge is 0.493 e. The molecule has 1 N–H and O–H groups in total. The number of methoxy groups -OCH3 is 1. The highest BCUT2D eigenvalue weighted by Gasteiger charge is 2.36. The third kappa shape index (κ3) is 6.83. The zero-order valence-corrected chi connectivity index (χ0v) is 26.2. The standard InChI is InChI=1S/C34H33N3O7S/c1-5-42-31-25(13-10-14-26(31)41-4)30-29(33(40)43-6-2)21(3)35-34-37(30)32(39)27(45-34)19-22-15-17-24(18-16-22)44-20-28(38)36-23-11-8-7-9-12-23/h7-19,30H,5-6,20H2,1-4H3,(H,36,38). The second kappa shape index (κ2) is 14.1. The van der Waals surface area contributed by atoms with E-state index in [1.165, 1.54) is 23.0 Å². The summed E-state index contributed by atoms with van der Waals surface area (Å²) in [4.78, 5) is 44.6. The highest BCUT2D eigenvalue weighted by Crippen LogP contribution is 2.40. The Bertz CT molecular complexity index is 1910. The van der Waals surface area contributed by atoms with E-state index >= 15 is 0 Å². The van der Waals surface area contributed by atoms with Crippen molar-refractivity contribution in [3.05, 3.63) is 115 Å². The lowest BCUT2D eigenvalue weighted by Gasteiger charge is -2.26. The van der Waals surface area contributed by atoms with Gasteiger partial charge in [0.1, 0.15) is 11.8 Å². The SMILES string of the molecule is CCOC(=O)C1=C(C)N=c2sc(=Cc3ccc(OCC(=O)Nc4ccccc4)cc3)c(=O)n2C1c1cccc(OC)c1OCC. The summed E-state index contributed by atoms with van der Waals surface area (Å²) in [5, 5.41) is 2.78. The van der Waals surface area contributed by atoms with E-state index in [1.54, 1.807) is 68.5 Å². The van der Waals surface area contributed by atoms with E-state index in [2.05, 4.69) is 10.3 Å². The predicted molar refractivity (Wildman–Crippen MR) is 172 cm³/mol. The van der Waals surface area contributed by atoms with Crippen molar-refractivity contribution in [2.75, 3.05) is 32.2 Å². The monoisotopic (exact) mass is 627 g/mol. The van der Waals surface area contributed by atoms with E-state index in [-0.39, 0.29) is 30.3 Å². The van der Waals surface area contributed by atoms with Gasteiger partial charge in [-0.15, -0.1) is 0 Å². The number of amides is 1. The van der Waals surface area contributed by atoms with E-state index in [1.807, 2.05) is 31.2 Å². The van der Waals surface area contributed by atoms with Crippen LogP contribution in [0.15, 0.2) is 93.9 Å². The number of carbonyl (C=O) groups is 2. The van der Waals surface area contributed by atoms with Crippen LogP contribution < -0.4 is 34.4 Å². The molecule has 4 aromatic rings. The number of para-hydroxylation sites is 2. The quantitative estimate of drug-likeness (QED) is 0.248. The molecular formula is C34H33N3O7S. The summed E-state index contributed by atoms with van der Waals surface area (Å²) in [7, 11) is 1.54. The van der Waals surface area contributed by atoms with Gasteiger partial charge in [-0.3, -0.25) is 14.2 Å². The second-order valence-electron chi connectivity index (χ2n) is 9.89. The van der Waals surface area contributed by atoms with Crippen LogP contribution in [0.4, 0.5) is 5.69 Å². The Morgan fingerprint density at radius 2 is 1.73 bits per heavy atom.